The molecule has 2 aromatic rings. The van der Waals surface area contributed by atoms with E-state index in [-0.39, 0.29) is 18.4 Å². The number of aryl methyl sites for hydroxylation is 1. The maximum Gasteiger partial charge on any atom is 0.341 e. The lowest BCUT2D eigenvalue weighted by atomic mass is 9.95. The van der Waals surface area contributed by atoms with Crippen LogP contribution in [0, 0.1) is 0 Å². The van der Waals surface area contributed by atoms with Gasteiger partial charge in [0.05, 0.1) is 32.9 Å². The first kappa shape index (κ1) is 24.1. The van der Waals surface area contributed by atoms with Gasteiger partial charge in [-0.15, -0.1) is 11.3 Å². The summed E-state index contributed by atoms with van der Waals surface area (Å²) in [6.45, 7) is 6.03. The van der Waals surface area contributed by atoms with Gasteiger partial charge < -0.3 is 19.5 Å². The Morgan fingerprint density at radius 2 is 1.91 bits per heavy atom. The summed E-state index contributed by atoms with van der Waals surface area (Å²) < 4.78 is 16.0. The second kappa shape index (κ2) is 11.3. The standard InChI is InChI=1S/C24H32N2O5S/c1-5-26(14-16-11-12-18(31-6-2)19(13-16)29-3)15-21(27)25-23-22(24(28)30-4)17-9-7-8-10-20(17)32-23/h11-13H,5-10,14-15H2,1-4H3,(H,25,27). The number of likely N-dealkylation sites (N-methyl/N-ethyl adjacent to an activating group) is 1. The van der Waals surface area contributed by atoms with Crippen LogP contribution in [-0.4, -0.2) is 50.7 Å². The molecule has 0 bridgehead atoms. The Bertz CT molecular complexity index is 956. The number of methoxy groups -OCH3 is 2. The summed E-state index contributed by atoms with van der Waals surface area (Å²) >= 11 is 1.50. The number of carbonyl (C=O) groups is 2. The molecule has 174 valence electrons. The van der Waals surface area contributed by atoms with Gasteiger partial charge in [-0.05, 0) is 62.4 Å². The number of benzene rings is 1. The van der Waals surface area contributed by atoms with Gasteiger partial charge in [0.1, 0.15) is 5.00 Å². The highest BCUT2D eigenvalue weighted by atomic mass is 32.1. The summed E-state index contributed by atoms with van der Waals surface area (Å²) in [6.07, 6.45) is 3.96. The van der Waals surface area contributed by atoms with Crippen LogP contribution in [0.15, 0.2) is 18.2 Å². The van der Waals surface area contributed by atoms with Crippen molar-refractivity contribution in [1.82, 2.24) is 4.90 Å². The summed E-state index contributed by atoms with van der Waals surface area (Å²) in [5, 5.41) is 3.58. The molecule has 0 fully saturated rings. The van der Waals surface area contributed by atoms with Gasteiger partial charge in [0.2, 0.25) is 5.91 Å². The zero-order valence-electron chi connectivity index (χ0n) is 19.3. The molecule has 1 aromatic heterocycles. The van der Waals surface area contributed by atoms with Gasteiger partial charge in [0, 0.05) is 11.4 Å². The van der Waals surface area contributed by atoms with Crippen molar-refractivity contribution in [2.24, 2.45) is 0 Å². The van der Waals surface area contributed by atoms with E-state index in [0.29, 0.717) is 41.8 Å². The van der Waals surface area contributed by atoms with Crippen molar-refractivity contribution in [3.63, 3.8) is 0 Å². The minimum absolute atomic E-state index is 0.145. The molecule has 32 heavy (non-hydrogen) atoms. The monoisotopic (exact) mass is 460 g/mol. The maximum absolute atomic E-state index is 12.9. The predicted octanol–water partition coefficient (Wildman–Crippen LogP) is 4.28. The molecule has 1 heterocycles. The van der Waals surface area contributed by atoms with E-state index in [1.54, 1.807) is 7.11 Å². The molecule has 1 aliphatic rings. The van der Waals surface area contributed by atoms with E-state index >= 15 is 0 Å². The summed E-state index contributed by atoms with van der Waals surface area (Å²) in [7, 11) is 3.00. The average molecular weight is 461 g/mol. The number of anilines is 1. The molecule has 0 saturated carbocycles. The van der Waals surface area contributed by atoms with Crippen LogP contribution in [0.5, 0.6) is 11.5 Å². The topological polar surface area (TPSA) is 77.1 Å². The van der Waals surface area contributed by atoms with E-state index in [9.17, 15) is 9.59 Å². The van der Waals surface area contributed by atoms with E-state index in [0.717, 1.165) is 36.8 Å². The van der Waals surface area contributed by atoms with Crippen molar-refractivity contribution >= 4 is 28.2 Å². The smallest absolute Gasteiger partial charge is 0.341 e. The van der Waals surface area contributed by atoms with Crippen LogP contribution in [0.2, 0.25) is 0 Å². The molecular formula is C24H32N2O5S. The lowest BCUT2D eigenvalue weighted by molar-refractivity contribution is -0.117. The molecule has 3 rings (SSSR count). The van der Waals surface area contributed by atoms with E-state index < -0.39 is 0 Å². The molecule has 1 N–H and O–H groups in total. The van der Waals surface area contributed by atoms with Crippen molar-refractivity contribution in [3.05, 3.63) is 39.8 Å². The second-order valence-electron chi connectivity index (χ2n) is 7.68. The highest BCUT2D eigenvalue weighted by Crippen LogP contribution is 2.38. The molecule has 0 unspecified atom stereocenters. The Labute approximate surface area is 193 Å². The SMILES string of the molecule is CCOc1ccc(CN(CC)CC(=O)Nc2sc3c(c2C(=O)OC)CCCC3)cc1OC. The molecular weight excluding hydrogens is 428 g/mol. The van der Waals surface area contributed by atoms with Crippen molar-refractivity contribution < 1.29 is 23.8 Å². The number of ether oxygens (including phenoxy) is 3. The number of amides is 1. The quantitative estimate of drug-likeness (QED) is 0.533. The van der Waals surface area contributed by atoms with E-state index in [2.05, 4.69) is 5.32 Å². The van der Waals surface area contributed by atoms with Crippen molar-refractivity contribution in [2.45, 2.75) is 46.1 Å². The van der Waals surface area contributed by atoms with E-state index in [1.807, 2.05) is 36.9 Å². The van der Waals surface area contributed by atoms with Crippen molar-refractivity contribution in [1.29, 1.82) is 0 Å². The number of fused-ring (bicyclic) bond motifs is 1. The fourth-order valence-corrected chi connectivity index (χ4v) is 5.26. The van der Waals surface area contributed by atoms with Crippen molar-refractivity contribution in [2.75, 3.05) is 39.2 Å². The summed E-state index contributed by atoms with van der Waals surface area (Å²) in [6, 6.07) is 5.81. The molecule has 1 amide bonds. The van der Waals surface area contributed by atoms with Gasteiger partial charge in [0.15, 0.2) is 11.5 Å². The molecule has 1 aromatic carbocycles. The van der Waals surface area contributed by atoms with Crippen LogP contribution in [0.25, 0.3) is 0 Å². The number of nitrogens with zero attached hydrogens (tertiary/aromatic N) is 1. The summed E-state index contributed by atoms with van der Waals surface area (Å²) in [5.41, 5.74) is 2.60. The molecule has 0 saturated heterocycles. The van der Waals surface area contributed by atoms with Crippen LogP contribution in [0.4, 0.5) is 5.00 Å². The van der Waals surface area contributed by atoms with Gasteiger partial charge in [-0.2, -0.15) is 0 Å². The Balaban J connectivity index is 1.70. The number of esters is 1. The molecule has 0 atom stereocenters. The normalized spacial score (nSPS) is 12.9. The Kier molecular flexibility index (Phi) is 8.53. The zero-order chi connectivity index (χ0) is 23.1. The van der Waals surface area contributed by atoms with E-state index in [4.69, 9.17) is 14.2 Å². The van der Waals surface area contributed by atoms with Crippen LogP contribution in [0.1, 0.15) is 53.1 Å². The van der Waals surface area contributed by atoms with Gasteiger partial charge in [0.25, 0.3) is 0 Å². The number of nitrogens with one attached hydrogen (secondary N) is 1. The van der Waals surface area contributed by atoms with Gasteiger partial charge in [-0.1, -0.05) is 13.0 Å². The van der Waals surface area contributed by atoms with E-state index in [1.165, 1.54) is 23.3 Å². The third-order valence-corrected chi connectivity index (χ3v) is 6.77. The van der Waals surface area contributed by atoms with Crippen LogP contribution in [0.3, 0.4) is 0 Å². The number of hydrogen-bond donors (Lipinski definition) is 1. The molecule has 8 heteroatoms. The van der Waals surface area contributed by atoms with Gasteiger partial charge in [-0.25, -0.2) is 4.79 Å². The van der Waals surface area contributed by atoms with Gasteiger partial charge >= 0.3 is 5.97 Å². The fourth-order valence-electron chi connectivity index (χ4n) is 3.96. The Hall–Kier alpha value is -2.58. The Morgan fingerprint density at radius 1 is 1.12 bits per heavy atom. The largest absolute Gasteiger partial charge is 0.493 e. The third-order valence-electron chi connectivity index (χ3n) is 5.56. The second-order valence-corrected chi connectivity index (χ2v) is 8.78. The Morgan fingerprint density at radius 3 is 2.59 bits per heavy atom. The molecule has 1 aliphatic carbocycles. The number of carbonyl (C=O) groups excluding carboxylic acids is 2. The predicted molar refractivity (Wildman–Crippen MR) is 126 cm³/mol. The molecule has 7 nitrogen and oxygen atoms in total. The molecule has 0 spiro atoms. The van der Waals surface area contributed by atoms with Crippen LogP contribution < -0.4 is 14.8 Å². The fraction of sp³-hybridized carbons (Fsp3) is 0.500. The van der Waals surface area contributed by atoms with Crippen LogP contribution in [-0.2, 0) is 28.9 Å². The highest BCUT2D eigenvalue weighted by Gasteiger charge is 2.27. The molecule has 0 radical (unpaired) electrons. The highest BCUT2D eigenvalue weighted by molar-refractivity contribution is 7.17. The summed E-state index contributed by atoms with van der Waals surface area (Å²) in [5.74, 6) is 0.857. The van der Waals surface area contributed by atoms with Crippen LogP contribution >= 0.6 is 11.3 Å². The lowest BCUT2D eigenvalue weighted by Gasteiger charge is -2.20. The maximum atomic E-state index is 12.9. The number of thiophene rings is 1. The lowest BCUT2D eigenvalue weighted by Crippen LogP contribution is -2.33. The minimum Gasteiger partial charge on any atom is -0.493 e. The average Bonchev–Trinajstić information content (AvgIpc) is 3.16. The first-order chi connectivity index (χ1) is 15.5. The molecule has 0 aliphatic heterocycles. The number of rotatable bonds is 10. The first-order valence-electron chi connectivity index (χ1n) is 11.0. The number of hydrogen-bond acceptors (Lipinski definition) is 7. The third kappa shape index (κ3) is 5.61. The van der Waals surface area contributed by atoms with Gasteiger partial charge in [-0.3, -0.25) is 9.69 Å². The minimum atomic E-state index is -0.381. The van der Waals surface area contributed by atoms with Crippen molar-refractivity contribution in [3.8, 4) is 11.5 Å². The summed E-state index contributed by atoms with van der Waals surface area (Å²) in [4.78, 5) is 28.5. The zero-order valence-corrected chi connectivity index (χ0v) is 20.1. The first-order valence-corrected chi connectivity index (χ1v) is 11.9.